The molecule has 2 unspecified atom stereocenters. The van der Waals surface area contributed by atoms with Crippen molar-refractivity contribution >= 4 is 33.4 Å². The van der Waals surface area contributed by atoms with Crippen LogP contribution in [0.2, 0.25) is 9.26 Å². The van der Waals surface area contributed by atoms with Crippen LogP contribution in [0.1, 0.15) is 43.4 Å². The van der Waals surface area contributed by atoms with Gasteiger partial charge in [-0.3, -0.25) is 0 Å². The second-order valence-electron chi connectivity index (χ2n) is 13.5. The van der Waals surface area contributed by atoms with E-state index in [-0.39, 0.29) is 7.25 Å². The molecule has 0 saturated heterocycles. The van der Waals surface area contributed by atoms with E-state index in [0.717, 1.165) is 0 Å². The molecule has 0 aliphatic heterocycles. The van der Waals surface area contributed by atoms with E-state index in [1.165, 1.54) is 55.7 Å². The van der Waals surface area contributed by atoms with E-state index >= 15 is 0 Å². The fourth-order valence-corrected chi connectivity index (χ4v) is 32.6. The number of rotatable bonds is 4. The Hall–Kier alpha value is -2.31. The monoisotopic (exact) mass is 614 g/mol. The predicted octanol–water partition coefficient (Wildman–Crippen LogP) is 11.2. The second kappa shape index (κ2) is 7.45. The van der Waals surface area contributed by atoms with Crippen LogP contribution in [-0.2, 0) is 12.9 Å². The first-order valence-corrected chi connectivity index (χ1v) is 29.3. The molecule has 38 heavy (non-hydrogen) atoms. The van der Waals surface area contributed by atoms with Crippen molar-refractivity contribution in [3.05, 3.63) is 130 Å². The molecule has 2 aliphatic rings. The minimum absolute atomic E-state index is 0.173. The van der Waals surface area contributed by atoms with Crippen LogP contribution in [0.25, 0.3) is 34.4 Å². The third-order valence-electron chi connectivity index (χ3n) is 9.06. The van der Waals surface area contributed by atoms with Crippen LogP contribution in [0.5, 0.6) is 0 Å². The molecule has 0 amide bonds. The zero-order valence-electron chi connectivity index (χ0n) is 22.5. The average Bonchev–Trinajstić information content (AvgIpc) is 3.41. The summed E-state index contributed by atoms with van der Waals surface area (Å²) >= 11 is -6.04. The van der Waals surface area contributed by atoms with Gasteiger partial charge in [-0.25, -0.2) is 0 Å². The summed E-state index contributed by atoms with van der Waals surface area (Å²) in [7, 11) is 16.6. The average molecular weight is 617 g/mol. The summed E-state index contributed by atoms with van der Waals surface area (Å²) in [6.45, 7) is 4.37. The van der Waals surface area contributed by atoms with Gasteiger partial charge < -0.3 is 0 Å². The van der Waals surface area contributed by atoms with Crippen molar-refractivity contribution in [1.29, 1.82) is 0 Å². The molecule has 3 heteroatoms. The van der Waals surface area contributed by atoms with Gasteiger partial charge in [0, 0.05) is 0 Å². The van der Waals surface area contributed by atoms with Crippen LogP contribution in [0.4, 0.5) is 0 Å². The third-order valence-corrected chi connectivity index (χ3v) is 29.5. The third kappa shape index (κ3) is 3.77. The summed E-state index contributed by atoms with van der Waals surface area (Å²) in [5, 5.41) is 0. The van der Waals surface area contributed by atoms with Crippen molar-refractivity contribution in [3.8, 4) is 22.3 Å². The molecule has 0 saturated carbocycles. The molecular formula is C35H34Cl2Zr. The Morgan fingerprint density at radius 3 is 1.29 bits per heavy atom. The summed E-state index contributed by atoms with van der Waals surface area (Å²) in [5.74, 6) is 0. The molecule has 0 radical (unpaired) electrons. The minimum atomic E-state index is -6.04. The normalized spacial score (nSPS) is 21.3. The molecule has 2 aliphatic carbocycles. The van der Waals surface area contributed by atoms with Crippen LogP contribution in [0.3, 0.4) is 0 Å². The van der Waals surface area contributed by atoms with Crippen molar-refractivity contribution < 1.29 is 12.9 Å². The first-order valence-electron chi connectivity index (χ1n) is 13.4. The molecule has 0 aromatic heterocycles. The predicted molar refractivity (Wildman–Crippen MR) is 167 cm³/mol. The maximum atomic E-state index is 8.32. The number of allylic oxidation sites excluding steroid dienone is 2. The van der Waals surface area contributed by atoms with Crippen molar-refractivity contribution in [1.82, 2.24) is 0 Å². The van der Waals surface area contributed by atoms with Crippen LogP contribution in [0, 0.1) is 0 Å². The Bertz CT molecular complexity index is 1680. The Kier molecular flexibility index (Phi) is 5.09. The fourth-order valence-electron chi connectivity index (χ4n) is 8.11. The van der Waals surface area contributed by atoms with Gasteiger partial charge in [0.2, 0.25) is 0 Å². The number of halogens is 2. The quantitative estimate of drug-likeness (QED) is 0.214. The van der Waals surface area contributed by atoms with Crippen LogP contribution in [-0.4, -0.2) is 4.21 Å². The van der Waals surface area contributed by atoms with E-state index in [4.69, 9.17) is 21.2 Å². The van der Waals surface area contributed by atoms with Gasteiger partial charge in [-0.05, 0) is 0 Å². The first-order chi connectivity index (χ1) is 17.7. The van der Waals surface area contributed by atoms with Gasteiger partial charge >= 0.3 is 229 Å². The number of hydrogen-bond acceptors (Lipinski definition) is 0. The van der Waals surface area contributed by atoms with E-state index < -0.39 is 12.9 Å². The number of benzene rings is 4. The molecule has 0 spiro atoms. The maximum absolute atomic E-state index is 8.32. The molecule has 0 heterocycles. The summed E-state index contributed by atoms with van der Waals surface area (Å²) in [5.41, 5.74) is 12.0. The summed E-state index contributed by atoms with van der Waals surface area (Å²) in [4.78, 5) is 0. The fraction of sp³-hybridized carbons (Fsp3) is 0.171. The topological polar surface area (TPSA) is 0 Å². The Balaban J connectivity index is 1.60. The molecule has 4 aromatic rings. The van der Waals surface area contributed by atoms with Gasteiger partial charge in [0.15, 0.2) is 0 Å². The molecule has 0 bridgehead atoms. The van der Waals surface area contributed by atoms with Gasteiger partial charge in [-0.1, -0.05) is 0 Å². The molecular weight excluding hydrogens is 583 g/mol. The molecule has 0 fully saturated rings. The van der Waals surface area contributed by atoms with Gasteiger partial charge in [0.05, 0.1) is 0 Å². The SMILES string of the molecule is [CH2]=[Zr]([CH3])([CH3])([Cl])([Cl])([CH]1C(C)=Cc2c(-c3ccccc3)cccc21)[CH]1C(C)=Cc2c(-c3ccccc3)cccc21. The number of hydrogen-bond donors (Lipinski definition) is 0. The van der Waals surface area contributed by atoms with Gasteiger partial charge in [-0.2, -0.15) is 0 Å². The Labute approximate surface area is 227 Å². The van der Waals surface area contributed by atoms with E-state index in [1.807, 2.05) is 0 Å². The van der Waals surface area contributed by atoms with Gasteiger partial charge in [0.25, 0.3) is 0 Å². The number of fused-ring (bicyclic) bond motifs is 2. The van der Waals surface area contributed by atoms with Crippen LogP contribution < -0.4 is 0 Å². The van der Waals surface area contributed by atoms with E-state index in [1.54, 1.807) is 0 Å². The Morgan fingerprint density at radius 2 is 0.921 bits per heavy atom. The van der Waals surface area contributed by atoms with Crippen LogP contribution >= 0.6 is 17.0 Å². The van der Waals surface area contributed by atoms with E-state index in [2.05, 4.69) is 132 Å². The summed E-state index contributed by atoms with van der Waals surface area (Å²) in [6.07, 6.45) is 4.60. The Morgan fingerprint density at radius 1 is 0.553 bits per heavy atom. The first kappa shape index (κ1) is 25.9. The standard InChI is InChI=1S/2C16H13.2CH3.CH2.2ClH.Zr/c2*1-12-10-14-8-5-9-15(16(14)11-12)13-6-3-2-4-7-13;;;;;;/h2*2-11H,1H3;2*1H3;1H2;2*1H;/q;;;;;;;+2/p-2. The zero-order chi connectivity index (χ0) is 27.0. The van der Waals surface area contributed by atoms with Crippen molar-refractivity contribution in [3.63, 3.8) is 0 Å². The van der Waals surface area contributed by atoms with Crippen LogP contribution in [0.15, 0.2) is 108 Å². The van der Waals surface area contributed by atoms with E-state index in [0.29, 0.717) is 0 Å². The van der Waals surface area contributed by atoms with Crippen molar-refractivity contribution in [2.45, 2.75) is 30.4 Å². The van der Waals surface area contributed by atoms with Gasteiger partial charge in [-0.15, -0.1) is 0 Å². The summed E-state index contributed by atoms with van der Waals surface area (Å²) < 4.78 is 9.03. The molecule has 4 aromatic carbocycles. The van der Waals surface area contributed by atoms with Crippen molar-refractivity contribution in [2.75, 3.05) is 0 Å². The summed E-state index contributed by atoms with van der Waals surface area (Å²) in [6, 6.07) is 34.2. The molecule has 0 nitrogen and oxygen atoms in total. The molecule has 2 atom stereocenters. The zero-order valence-corrected chi connectivity index (χ0v) is 26.5. The molecule has 192 valence electrons. The van der Waals surface area contributed by atoms with Gasteiger partial charge in [0.1, 0.15) is 0 Å². The molecule has 6 rings (SSSR count). The second-order valence-corrected chi connectivity index (χ2v) is 58.9. The molecule has 0 N–H and O–H groups in total. The van der Waals surface area contributed by atoms with E-state index in [9.17, 15) is 0 Å². The van der Waals surface area contributed by atoms with Crippen molar-refractivity contribution in [2.24, 2.45) is 0 Å².